The van der Waals surface area contributed by atoms with Crippen molar-refractivity contribution in [2.24, 2.45) is 0 Å². The van der Waals surface area contributed by atoms with Crippen LogP contribution in [0.1, 0.15) is 46.8 Å². The van der Waals surface area contributed by atoms with Crippen LogP contribution in [0.15, 0.2) is 59.3 Å². The van der Waals surface area contributed by atoms with E-state index in [0.717, 1.165) is 22.4 Å². The first-order valence-corrected chi connectivity index (χ1v) is 9.61. The SMILES string of the molecule is CCOC(=O)C1=C(C)NC2=C(C(=O)c3ccccc32)C1c1ccc(C)c(Cl)c1. The molecule has 2 aromatic rings. The minimum atomic E-state index is -0.534. The van der Waals surface area contributed by atoms with Gasteiger partial charge in [0.25, 0.3) is 0 Å². The number of nitrogens with one attached hydrogen (secondary N) is 1. The number of carbonyl (C=O) groups excluding carboxylic acids is 2. The first-order valence-electron chi connectivity index (χ1n) is 9.23. The number of dihydropyridines is 1. The van der Waals surface area contributed by atoms with Gasteiger partial charge in [0.1, 0.15) is 0 Å². The van der Waals surface area contributed by atoms with Gasteiger partial charge in [0.15, 0.2) is 5.78 Å². The molecule has 1 heterocycles. The van der Waals surface area contributed by atoms with Crippen LogP contribution in [0.5, 0.6) is 0 Å². The summed E-state index contributed by atoms with van der Waals surface area (Å²) in [6.45, 7) is 5.79. The number of allylic oxidation sites excluding steroid dienone is 2. The second-order valence-electron chi connectivity index (χ2n) is 6.99. The quantitative estimate of drug-likeness (QED) is 0.762. The number of carbonyl (C=O) groups is 2. The standard InChI is InChI=1S/C23H20ClNO3/c1-4-28-23(27)18-13(3)25-21-15-7-5-6-8-16(15)22(26)20(21)19(18)14-10-9-12(2)17(24)11-14/h5-11,19,25H,4H2,1-3H3. The summed E-state index contributed by atoms with van der Waals surface area (Å²) in [7, 11) is 0. The molecule has 0 saturated heterocycles. The van der Waals surface area contributed by atoms with Crippen LogP contribution < -0.4 is 5.32 Å². The molecule has 4 rings (SSSR count). The maximum absolute atomic E-state index is 13.3. The highest BCUT2D eigenvalue weighted by Gasteiger charge is 2.42. The van der Waals surface area contributed by atoms with Crippen LogP contribution in [0.2, 0.25) is 5.02 Å². The number of aryl methyl sites for hydroxylation is 1. The normalized spacial score (nSPS) is 18.0. The molecule has 2 aliphatic rings. The van der Waals surface area contributed by atoms with E-state index in [1.807, 2.05) is 56.3 Å². The molecule has 0 bridgehead atoms. The molecule has 2 aromatic carbocycles. The summed E-state index contributed by atoms with van der Waals surface area (Å²) in [6, 6.07) is 13.1. The van der Waals surface area contributed by atoms with Gasteiger partial charge < -0.3 is 10.1 Å². The molecule has 1 unspecified atom stereocenters. The summed E-state index contributed by atoms with van der Waals surface area (Å²) in [6.07, 6.45) is 0. The van der Waals surface area contributed by atoms with Crippen LogP contribution in [-0.2, 0) is 9.53 Å². The Morgan fingerprint density at radius 1 is 1.14 bits per heavy atom. The topological polar surface area (TPSA) is 55.4 Å². The number of hydrogen-bond acceptors (Lipinski definition) is 4. The van der Waals surface area contributed by atoms with Crippen LogP contribution in [0.3, 0.4) is 0 Å². The minimum Gasteiger partial charge on any atom is -0.463 e. The molecule has 28 heavy (non-hydrogen) atoms. The summed E-state index contributed by atoms with van der Waals surface area (Å²) < 4.78 is 5.31. The lowest BCUT2D eigenvalue weighted by atomic mass is 9.79. The number of hydrogen-bond donors (Lipinski definition) is 1. The van der Waals surface area contributed by atoms with Crippen LogP contribution >= 0.6 is 11.6 Å². The maximum Gasteiger partial charge on any atom is 0.336 e. The van der Waals surface area contributed by atoms with Crippen molar-refractivity contribution in [3.8, 4) is 0 Å². The van der Waals surface area contributed by atoms with Gasteiger partial charge in [-0.05, 0) is 38.0 Å². The van der Waals surface area contributed by atoms with Crippen molar-refractivity contribution in [3.63, 3.8) is 0 Å². The summed E-state index contributed by atoms with van der Waals surface area (Å²) in [5, 5.41) is 3.88. The molecule has 0 saturated carbocycles. The number of esters is 1. The third-order valence-electron chi connectivity index (χ3n) is 5.27. The minimum absolute atomic E-state index is 0.0749. The number of Topliss-reactive ketones (excluding diaryl/α,β-unsaturated/α-hetero) is 1. The van der Waals surface area contributed by atoms with Gasteiger partial charge >= 0.3 is 5.97 Å². The molecule has 1 aliphatic carbocycles. The number of benzene rings is 2. The van der Waals surface area contributed by atoms with Gasteiger partial charge in [0, 0.05) is 33.3 Å². The van der Waals surface area contributed by atoms with E-state index in [9.17, 15) is 9.59 Å². The smallest absolute Gasteiger partial charge is 0.336 e. The Kier molecular flexibility index (Phi) is 4.60. The fourth-order valence-electron chi connectivity index (χ4n) is 3.93. The summed E-state index contributed by atoms with van der Waals surface area (Å²) >= 11 is 6.38. The van der Waals surface area contributed by atoms with E-state index in [4.69, 9.17) is 16.3 Å². The van der Waals surface area contributed by atoms with E-state index in [-0.39, 0.29) is 12.4 Å². The summed E-state index contributed by atoms with van der Waals surface area (Å²) in [5.74, 6) is -1.04. The van der Waals surface area contributed by atoms with Crippen molar-refractivity contribution in [2.75, 3.05) is 6.61 Å². The predicted molar refractivity (Wildman–Crippen MR) is 109 cm³/mol. The second-order valence-corrected chi connectivity index (χ2v) is 7.40. The summed E-state index contributed by atoms with van der Waals surface area (Å²) in [4.78, 5) is 26.1. The van der Waals surface area contributed by atoms with Crippen molar-refractivity contribution < 1.29 is 14.3 Å². The van der Waals surface area contributed by atoms with E-state index < -0.39 is 11.9 Å². The maximum atomic E-state index is 13.3. The van der Waals surface area contributed by atoms with Crippen molar-refractivity contribution in [1.82, 2.24) is 5.32 Å². The highest BCUT2D eigenvalue weighted by atomic mass is 35.5. The first-order chi connectivity index (χ1) is 13.4. The molecule has 5 heteroatoms. The fourth-order valence-corrected chi connectivity index (χ4v) is 4.12. The zero-order valence-corrected chi connectivity index (χ0v) is 16.7. The van der Waals surface area contributed by atoms with E-state index >= 15 is 0 Å². The van der Waals surface area contributed by atoms with E-state index in [1.165, 1.54) is 0 Å². The van der Waals surface area contributed by atoms with Crippen LogP contribution in [0, 0.1) is 6.92 Å². The zero-order chi connectivity index (χ0) is 20.0. The third kappa shape index (κ3) is 2.76. The Morgan fingerprint density at radius 3 is 2.54 bits per heavy atom. The lowest BCUT2D eigenvalue weighted by Crippen LogP contribution is -2.29. The monoisotopic (exact) mass is 393 g/mol. The molecule has 1 atom stereocenters. The molecule has 4 nitrogen and oxygen atoms in total. The van der Waals surface area contributed by atoms with Gasteiger partial charge in [-0.15, -0.1) is 0 Å². The fraction of sp³-hybridized carbons (Fsp3) is 0.217. The Balaban J connectivity index is 1.94. The number of ether oxygens (including phenoxy) is 1. The molecule has 0 fully saturated rings. The Hall–Kier alpha value is -2.85. The van der Waals surface area contributed by atoms with Crippen molar-refractivity contribution in [2.45, 2.75) is 26.7 Å². The van der Waals surface area contributed by atoms with Crippen LogP contribution in [0.4, 0.5) is 0 Å². The van der Waals surface area contributed by atoms with Gasteiger partial charge in [-0.25, -0.2) is 4.79 Å². The molecule has 0 spiro atoms. The lowest BCUT2D eigenvalue weighted by Gasteiger charge is -2.29. The number of fused-ring (bicyclic) bond motifs is 2. The first kappa shape index (κ1) is 18.5. The van der Waals surface area contributed by atoms with Gasteiger partial charge in [-0.1, -0.05) is 48.0 Å². The van der Waals surface area contributed by atoms with E-state index in [1.54, 1.807) is 6.92 Å². The van der Waals surface area contributed by atoms with Crippen LogP contribution in [0.25, 0.3) is 5.70 Å². The Morgan fingerprint density at radius 2 is 1.86 bits per heavy atom. The summed E-state index contributed by atoms with van der Waals surface area (Å²) in [5.41, 5.74) is 5.68. The average molecular weight is 394 g/mol. The zero-order valence-electron chi connectivity index (χ0n) is 15.9. The van der Waals surface area contributed by atoms with Gasteiger partial charge in [-0.3, -0.25) is 4.79 Å². The predicted octanol–water partition coefficient (Wildman–Crippen LogP) is 4.78. The third-order valence-corrected chi connectivity index (χ3v) is 5.68. The molecule has 142 valence electrons. The number of rotatable bonds is 3. The highest BCUT2D eigenvalue weighted by Crippen LogP contribution is 2.47. The molecule has 1 aliphatic heterocycles. The van der Waals surface area contributed by atoms with Crippen LogP contribution in [-0.4, -0.2) is 18.4 Å². The lowest BCUT2D eigenvalue weighted by molar-refractivity contribution is -0.138. The van der Waals surface area contributed by atoms with Gasteiger partial charge in [0.05, 0.1) is 17.9 Å². The Labute approximate surface area is 168 Å². The molecular weight excluding hydrogens is 374 g/mol. The van der Waals surface area contributed by atoms with E-state index in [2.05, 4.69) is 5.32 Å². The second kappa shape index (κ2) is 6.95. The van der Waals surface area contributed by atoms with Gasteiger partial charge in [-0.2, -0.15) is 0 Å². The molecule has 1 N–H and O–H groups in total. The van der Waals surface area contributed by atoms with Crippen molar-refractivity contribution in [3.05, 3.63) is 86.6 Å². The molecule has 0 aromatic heterocycles. The molecule has 0 amide bonds. The number of halogens is 1. The molecule has 0 radical (unpaired) electrons. The Bertz CT molecular complexity index is 1080. The van der Waals surface area contributed by atoms with Crippen molar-refractivity contribution in [1.29, 1.82) is 0 Å². The largest absolute Gasteiger partial charge is 0.463 e. The average Bonchev–Trinajstić information content (AvgIpc) is 2.95. The molecular formula is C23H20ClNO3. The van der Waals surface area contributed by atoms with Gasteiger partial charge in [0.2, 0.25) is 0 Å². The van der Waals surface area contributed by atoms with E-state index in [0.29, 0.717) is 27.4 Å². The van der Waals surface area contributed by atoms with Crippen molar-refractivity contribution >= 4 is 29.1 Å². The number of ketones is 1. The highest BCUT2D eigenvalue weighted by molar-refractivity contribution is 6.31.